The maximum atomic E-state index is 12.9. The van der Waals surface area contributed by atoms with Crippen LogP contribution in [0.1, 0.15) is 38.0 Å². The summed E-state index contributed by atoms with van der Waals surface area (Å²) in [6, 6.07) is 0.165. The molecule has 2 atom stereocenters. The molecule has 1 N–H and O–H groups in total. The van der Waals surface area contributed by atoms with Crippen LogP contribution in [0.2, 0.25) is 0 Å². The van der Waals surface area contributed by atoms with Gasteiger partial charge in [0.05, 0.1) is 18.1 Å². The highest BCUT2D eigenvalue weighted by Crippen LogP contribution is 2.44. The van der Waals surface area contributed by atoms with E-state index in [0.717, 1.165) is 32.4 Å². The van der Waals surface area contributed by atoms with Crippen molar-refractivity contribution >= 4 is 11.9 Å². The Balaban J connectivity index is 1.45. The minimum atomic E-state index is -0.307. The Hall–Kier alpha value is -1.63. The Morgan fingerprint density at radius 1 is 1.42 bits per heavy atom. The second-order valence-corrected chi connectivity index (χ2v) is 7.67. The lowest BCUT2D eigenvalue weighted by Crippen LogP contribution is -2.53. The van der Waals surface area contributed by atoms with Crippen LogP contribution in [-0.4, -0.2) is 48.9 Å². The molecule has 0 spiro atoms. The number of aromatic nitrogens is 2. The Morgan fingerprint density at radius 3 is 2.75 bits per heavy atom. The van der Waals surface area contributed by atoms with E-state index in [0.29, 0.717) is 30.3 Å². The maximum Gasteiger partial charge on any atom is 0.266 e. The van der Waals surface area contributed by atoms with Gasteiger partial charge in [-0.2, -0.15) is 4.98 Å². The molecule has 3 fully saturated rings. The van der Waals surface area contributed by atoms with Gasteiger partial charge in [-0.1, -0.05) is 6.42 Å². The fourth-order valence-corrected chi connectivity index (χ4v) is 4.20. The molecule has 0 bridgehead atoms. The lowest BCUT2D eigenvalue weighted by Gasteiger charge is -2.40. The number of nitrogens with one attached hydrogen (secondary N) is 1. The number of ether oxygens (including phenoxy) is 1. The van der Waals surface area contributed by atoms with Crippen molar-refractivity contribution < 1.29 is 14.1 Å². The van der Waals surface area contributed by atoms with Gasteiger partial charge in [-0.05, 0) is 36.8 Å². The van der Waals surface area contributed by atoms with Gasteiger partial charge in [-0.15, -0.1) is 0 Å². The monoisotopic (exact) mass is 334 g/mol. The van der Waals surface area contributed by atoms with E-state index in [9.17, 15) is 4.79 Å². The highest BCUT2D eigenvalue weighted by atomic mass is 16.5. The number of methoxy groups -OCH3 is 1. The second-order valence-electron chi connectivity index (χ2n) is 7.67. The van der Waals surface area contributed by atoms with Crippen molar-refractivity contribution in [2.24, 2.45) is 17.3 Å². The molecular formula is C17H26N4O3. The molecule has 0 unspecified atom stereocenters. The molecule has 24 heavy (non-hydrogen) atoms. The number of aryl methyl sites for hydroxylation is 1. The number of carbonyl (C=O) groups excluding carboxylic acids is 1. The number of amides is 1. The average Bonchev–Trinajstić information content (AvgIpc) is 3.14. The van der Waals surface area contributed by atoms with Crippen molar-refractivity contribution in [3.8, 4) is 0 Å². The van der Waals surface area contributed by atoms with Gasteiger partial charge >= 0.3 is 0 Å². The largest absolute Gasteiger partial charge is 0.384 e. The highest BCUT2D eigenvalue weighted by Gasteiger charge is 2.48. The first-order valence-electron chi connectivity index (χ1n) is 8.96. The summed E-state index contributed by atoms with van der Waals surface area (Å²) in [5.41, 5.74) is -0.307. The Kier molecular flexibility index (Phi) is 3.98. The van der Waals surface area contributed by atoms with Crippen molar-refractivity contribution in [2.75, 3.05) is 31.7 Å². The van der Waals surface area contributed by atoms with Crippen LogP contribution in [0.25, 0.3) is 0 Å². The van der Waals surface area contributed by atoms with Crippen LogP contribution < -0.4 is 10.2 Å². The molecule has 0 aromatic carbocycles. The van der Waals surface area contributed by atoms with Gasteiger partial charge < -0.3 is 19.5 Å². The molecule has 1 aliphatic heterocycles. The van der Waals surface area contributed by atoms with Crippen molar-refractivity contribution in [2.45, 2.75) is 45.1 Å². The van der Waals surface area contributed by atoms with Crippen LogP contribution in [0, 0.1) is 24.2 Å². The third kappa shape index (κ3) is 2.79. The fraction of sp³-hybridized carbons (Fsp3) is 0.824. The molecule has 1 aromatic heterocycles. The molecule has 2 saturated carbocycles. The molecule has 1 amide bonds. The molecule has 4 rings (SSSR count). The zero-order valence-corrected chi connectivity index (χ0v) is 14.5. The molecule has 7 heteroatoms. The third-order valence-electron chi connectivity index (χ3n) is 5.92. The highest BCUT2D eigenvalue weighted by molar-refractivity contribution is 5.84. The molecule has 132 valence electrons. The topological polar surface area (TPSA) is 80.5 Å². The smallest absolute Gasteiger partial charge is 0.266 e. The lowest BCUT2D eigenvalue weighted by atomic mass is 9.68. The molecule has 1 aromatic rings. The number of hydrogen-bond acceptors (Lipinski definition) is 6. The van der Waals surface area contributed by atoms with Gasteiger partial charge in [-0.3, -0.25) is 4.79 Å². The first kappa shape index (κ1) is 15.9. The summed E-state index contributed by atoms with van der Waals surface area (Å²) in [5.74, 6) is 2.58. The molecule has 2 heterocycles. The van der Waals surface area contributed by atoms with Crippen LogP contribution in [0.15, 0.2) is 4.52 Å². The molecular weight excluding hydrogens is 308 g/mol. The number of carbonyl (C=O) groups is 1. The fourth-order valence-electron chi connectivity index (χ4n) is 4.20. The van der Waals surface area contributed by atoms with Crippen LogP contribution in [-0.2, 0) is 9.53 Å². The number of nitrogens with zero attached hydrogens (tertiary/aromatic N) is 3. The molecule has 0 radical (unpaired) electrons. The van der Waals surface area contributed by atoms with Gasteiger partial charge in [0.15, 0.2) is 0 Å². The van der Waals surface area contributed by atoms with Gasteiger partial charge in [0.2, 0.25) is 11.8 Å². The zero-order chi connectivity index (χ0) is 16.7. The minimum absolute atomic E-state index is 0.164. The van der Waals surface area contributed by atoms with Gasteiger partial charge in [-0.25, -0.2) is 0 Å². The summed E-state index contributed by atoms with van der Waals surface area (Å²) in [5, 5.41) is 7.38. The van der Waals surface area contributed by atoms with E-state index >= 15 is 0 Å². The summed E-state index contributed by atoms with van der Waals surface area (Å²) >= 11 is 0. The van der Waals surface area contributed by atoms with E-state index in [2.05, 4.69) is 20.4 Å². The number of rotatable bonds is 6. The second kappa shape index (κ2) is 6.02. The molecule has 1 saturated heterocycles. The van der Waals surface area contributed by atoms with Crippen molar-refractivity contribution in [1.29, 1.82) is 0 Å². The van der Waals surface area contributed by atoms with E-state index in [4.69, 9.17) is 9.26 Å². The lowest BCUT2D eigenvalue weighted by molar-refractivity contribution is -0.141. The van der Waals surface area contributed by atoms with Gasteiger partial charge in [0.25, 0.3) is 5.95 Å². The Morgan fingerprint density at radius 2 is 2.21 bits per heavy atom. The van der Waals surface area contributed by atoms with Crippen molar-refractivity contribution in [3.63, 3.8) is 0 Å². The summed E-state index contributed by atoms with van der Waals surface area (Å²) < 4.78 is 10.4. The predicted molar refractivity (Wildman–Crippen MR) is 87.6 cm³/mol. The van der Waals surface area contributed by atoms with Gasteiger partial charge in [0, 0.05) is 33.0 Å². The number of anilines is 1. The Labute approximate surface area is 142 Å². The van der Waals surface area contributed by atoms with Crippen molar-refractivity contribution in [1.82, 2.24) is 15.5 Å². The van der Waals surface area contributed by atoms with E-state index in [1.54, 1.807) is 14.0 Å². The van der Waals surface area contributed by atoms with E-state index in [-0.39, 0.29) is 17.4 Å². The normalized spacial score (nSPS) is 28.7. The average molecular weight is 334 g/mol. The molecule has 3 aliphatic rings. The maximum absolute atomic E-state index is 12.9. The SMILES string of the molecule is COCC1(C(=O)N[C@@H]2CN(c3noc(C)n3)C[C@H]2C2CC2)CCC1. The number of hydrogen-bond donors (Lipinski definition) is 1. The predicted octanol–water partition coefficient (Wildman–Crippen LogP) is 1.53. The van der Waals surface area contributed by atoms with E-state index in [1.165, 1.54) is 12.8 Å². The third-order valence-corrected chi connectivity index (χ3v) is 5.92. The van der Waals surface area contributed by atoms with Crippen LogP contribution in [0.3, 0.4) is 0 Å². The van der Waals surface area contributed by atoms with E-state index in [1.807, 2.05) is 0 Å². The quantitative estimate of drug-likeness (QED) is 0.850. The van der Waals surface area contributed by atoms with Crippen molar-refractivity contribution in [3.05, 3.63) is 5.89 Å². The summed E-state index contributed by atoms with van der Waals surface area (Å²) in [7, 11) is 1.68. The molecule has 7 nitrogen and oxygen atoms in total. The van der Waals surface area contributed by atoms with Crippen LogP contribution in [0.4, 0.5) is 5.95 Å². The van der Waals surface area contributed by atoms with E-state index < -0.39 is 0 Å². The summed E-state index contributed by atoms with van der Waals surface area (Å²) in [6.45, 7) is 3.98. The minimum Gasteiger partial charge on any atom is -0.384 e. The first-order valence-corrected chi connectivity index (χ1v) is 8.96. The van der Waals surface area contributed by atoms with Crippen LogP contribution >= 0.6 is 0 Å². The molecule has 2 aliphatic carbocycles. The first-order chi connectivity index (χ1) is 11.6. The Bertz CT molecular complexity index is 609. The zero-order valence-electron chi connectivity index (χ0n) is 14.5. The standard InChI is InChI=1S/C17H26N4O3/c1-11-18-16(20-24-11)21-8-13(12-4-5-12)14(9-21)19-15(22)17(10-23-2)6-3-7-17/h12-14H,3-10H2,1-2H3,(H,19,22)/t13-,14+/m0/s1. The summed E-state index contributed by atoms with van der Waals surface area (Å²) in [6.07, 6.45) is 5.50. The van der Waals surface area contributed by atoms with Crippen LogP contribution in [0.5, 0.6) is 0 Å². The van der Waals surface area contributed by atoms with Gasteiger partial charge in [0.1, 0.15) is 0 Å². The summed E-state index contributed by atoms with van der Waals surface area (Å²) in [4.78, 5) is 19.4.